The molecule has 0 aliphatic heterocycles. The van der Waals surface area contributed by atoms with Crippen LogP contribution in [-0.4, -0.2) is 18.0 Å². The Morgan fingerprint density at radius 1 is 1.33 bits per heavy atom. The first-order chi connectivity index (χ1) is 5.77. The molecule has 0 saturated heterocycles. The fourth-order valence-electron chi connectivity index (χ4n) is 1.22. The molecule has 0 saturated carbocycles. The second kappa shape index (κ2) is 4.63. The van der Waals surface area contributed by atoms with E-state index in [4.69, 9.17) is 0 Å². The minimum atomic E-state index is 1.12. The third-order valence-electron chi connectivity index (χ3n) is 2.23. The van der Waals surface area contributed by atoms with E-state index in [0.29, 0.717) is 0 Å². The topological polar surface area (TPSA) is 3.24 Å². The van der Waals surface area contributed by atoms with E-state index >= 15 is 0 Å². The molecule has 1 heterocycles. The van der Waals surface area contributed by atoms with Gasteiger partial charge in [0, 0.05) is 11.4 Å². The zero-order valence-electron chi connectivity index (χ0n) is 8.13. The van der Waals surface area contributed by atoms with E-state index in [9.17, 15) is 0 Å². The summed E-state index contributed by atoms with van der Waals surface area (Å²) in [6.45, 7) is 10.0. The molecule has 0 radical (unpaired) electrons. The Bertz CT molecular complexity index is 225. The van der Waals surface area contributed by atoms with Gasteiger partial charge in [-0.05, 0) is 37.0 Å². The van der Waals surface area contributed by atoms with E-state index in [1.807, 2.05) is 11.3 Å². The van der Waals surface area contributed by atoms with E-state index in [0.717, 1.165) is 19.6 Å². The lowest BCUT2D eigenvalue weighted by Gasteiger charge is -2.17. The van der Waals surface area contributed by atoms with Gasteiger partial charge in [0.2, 0.25) is 0 Å². The maximum absolute atomic E-state index is 2.44. The average molecular weight is 183 g/mol. The highest BCUT2D eigenvalue weighted by atomic mass is 32.1. The summed E-state index contributed by atoms with van der Waals surface area (Å²) in [5.41, 5.74) is 1.44. The van der Waals surface area contributed by atoms with Crippen molar-refractivity contribution < 1.29 is 0 Å². The molecule has 1 aromatic rings. The van der Waals surface area contributed by atoms with Crippen LogP contribution in [0.3, 0.4) is 0 Å². The largest absolute Gasteiger partial charge is 0.299 e. The van der Waals surface area contributed by atoms with E-state index in [1.165, 1.54) is 10.4 Å². The third-order valence-corrected chi connectivity index (χ3v) is 3.24. The smallest absolute Gasteiger partial charge is 0.0330 e. The van der Waals surface area contributed by atoms with Crippen LogP contribution in [0.1, 0.15) is 24.3 Å². The van der Waals surface area contributed by atoms with Gasteiger partial charge in [0.25, 0.3) is 0 Å². The summed E-state index contributed by atoms with van der Waals surface area (Å²) in [4.78, 5) is 3.96. The molecular weight excluding hydrogens is 166 g/mol. The minimum absolute atomic E-state index is 1.12. The van der Waals surface area contributed by atoms with Gasteiger partial charge in [-0.3, -0.25) is 4.90 Å². The van der Waals surface area contributed by atoms with Gasteiger partial charge in [0.05, 0.1) is 0 Å². The Labute approximate surface area is 79.0 Å². The summed E-state index contributed by atoms with van der Waals surface area (Å²) in [5.74, 6) is 0. The van der Waals surface area contributed by atoms with E-state index in [1.54, 1.807) is 0 Å². The van der Waals surface area contributed by atoms with Crippen LogP contribution in [-0.2, 0) is 6.54 Å². The van der Waals surface area contributed by atoms with Crippen molar-refractivity contribution in [3.63, 3.8) is 0 Å². The molecule has 1 rings (SSSR count). The van der Waals surface area contributed by atoms with Crippen molar-refractivity contribution >= 4 is 11.3 Å². The first-order valence-electron chi connectivity index (χ1n) is 4.53. The lowest BCUT2D eigenvalue weighted by atomic mass is 10.3. The Kier molecular flexibility index (Phi) is 3.76. The Balaban J connectivity index is 2.56. The van der Waals surface area contributed by atoms with Crippen molar-refractivity contribution in [3.8, 4) is 0 Å². The number of hydrogen-bond donors (Lipinski definition) is 0. The lowest BCUT2D eigenvalue weighted by Crippen LogP contribution is -2.21. The SMILES string of the molecule is CCN(CC)Cc1sccc1C. The van der Waals surface area contributed by atoms with Crippen molar-refractivity contribution in [3.05, 3.63) is 21.9 Å². The van der Waals surface area contributed by atoms with Crippen LogP contribution in [0.4, 0.5) is 0 Å². The number of rotatable bonds is 4. The van der Waals surface area contributed by atoms with Gasteiger partial charge >= 0.3 is 0 Å². The van der Waals surface area contributed by atoms with E-state index in [2.05, 4.69) is 37.1 Å². The average Bonchev–Trinajstić information content (AvgIpc) is 2.47. The third kappa shape index (κ3) is 2.32. The van der Waals surface area contributed by atoms with Crippen LogP contribution < -0.4 is 0 Å². The summed E-state index contributed by atoms with van der Waals surface area (Å²) in [7, 11) is 0. The molecule has 2 heteroatoms. The fraction of sp³-hybridized carbons (Fsp3) is 0.600. The molecule has 0 amide bonds. The predicted molar refractivity (Wildman–Crippen MR) is 55.7 cm³/mol. The molecule has 0 bridgehead atoms. The highest BCUT2D eigenvalue weighted by Crippen LogP contribution is 2.17. The maximum Gasteiger partial charge on any atom is 0.0330 e. The van der Waals surface area contributed by atoms with Crippen LogP contribution >= 0.6 is 11.3 Å². The number of aryl methyl sites for hydroxylation is 1. The van der Waals surface area contributed by atoms with E-state index < -0.39 is 0 Å². The van der Waals surface area contributed by atoms with Gasteiger partial charge in [-0.2, -0.15) is 0 Å². The summed E-state index contributed by atoms with van der Waals surface area (Å²) < 4.78 is 0. The first kappa shape index (κ1) is 9.75. The summed E-state index contributed by atoms with van der Waals surface area (Å²) in [6, 6.07) is 2.20. The van der Waals surface area contributed by atoms with Crippen LogP contribution in [0.25, 0.3) is 0 Å². The van der Waals surface area contributed by atoms with Crippen molar-refractivity contribution in [1.82, 2.24) is 4.90 Å². The summed E-state index contributed by atoms with van der Waals surface area (Å²) in [6.07, 6.45) is 0. The van der Waals surface area contributed by atoms with Gasteiger partial charge in [0.1, 0.15) is 0 Å². The molecule has 0 fully saturated rings. The molecule has 0 aliphatic carbocycles. The number of nitrogens with zero attached hydrogens (tertiary/aromatic N) is 1. The number of thiophene rings is 1. The molecule has 0 N–H and O–H groups in total. The van der Waals surface area contributed by atoms with Crippen molar-refractivity contribution in [2.75, 3.05) is 13.1 Å². The molecule has 1 aromatic heterocycles. The zero-order valence-corrected chi connectivity index (χ0v) is 8.95. The minimum Gasteiger partial charge on any atom is -0.299 e. The van der Waals surface area contributed by atoms with Crippen LogP contribution in [0.15, 0.2) is 11.4 Å². The Morgan fingerprint density at radius 3 is 2.42 bits per heavy atom. The first-order valence-corrected chi connectivity index (χ1v) is 5.41. The lowest BCUT2D eigenvalue weighted by molar-refractivity contribution is 0.298. The molecule has 0 aliphatic rings. The monoisotopic (exact) mass is 183 g/mol. The highest BCUT2D eigenvalue weighted by Gasteiger charge is 2.03. The molecule has 0 atom stereocenters. The van der Waals surface area contributed by atoms with Crippen LogP contribution in [0.5, 0.6) is 0 Å². The van der Waals surface area contributed by atoms with Gasteiger partial charge in [-0.1, -0.05) is 13.8 Å². The fourth-order valence-corrected chi connectivity index (χ4v) is 2.16. The Morgan fingerprint density at radius 2 is 2.00 bits per heavy atom. The zero-order chi connectivity index (χ0) is 8.97. The van der Waals surface area contributed by atoms with Gasteiger partial charge in [-0.15, -0.1) is 11.3 Å². The molecule has 0 unspecified atom stereocenters. The quantitative estimate of drug-likeness (QED) is 0.694. The van der Waals surface area contributed by atoms with Crippen molar-refractivity contribution in [1.29, 1.82) is 0 Å². The second-order valence-electron chi connectivity index (χ2n) is 2.99. The van der Waals surface area contributed by atoms with Crippen molar-refractivity contribution in [2.24, 2.45) is 0 Å². The highest BCUT2D eigenvalue weighted by molar-refractivity contribution is 7.10. The molecule has 12 heavy (non-hydrogen) atoms. The molecule has 0 spiro atoms. The standard InChI is InChI=1S/C10H17NS/c1-4-11(5-2)8-10-9(3)6-7-12-10/h6-7H,4-5,8H2,1-3H3. The number of hydrogen-bond acceptors (Lipinski definition) is 2. The molecule has 68 valence electrons. The predicted octanol–water partition coefficient (Wildman–Crippen LogP) is 2.90. The van der Waals surface area contributed by atoms with E-state index in [-0.39, 0.29) is 0 Å². The molecule has 1 nitrogen and oxygen atoms in total. The van der Waals surface area contributed by atoms with Crippen LogP contribution in [0, 0.1) is 6.92 Å². The summed E-state index contributed by atoms with van der Waals surface area (Å²) in [5, 5.41) is 2.17. The second-order valence-corrected chi connectivity index (χ2v) is 3.99. The van der Waals surface area contributed by atoms with Gasteiger partial charge in [0.15, 0.2) is 0 Å². The normalized spacial score (nSPS) is 11.0. The van der Waals surface area contributed by atoms with Gasteiger partial charge in [-0.25, -0.2) is 0 Å². The maximum atomic E-state index is 2.44. The van der Waals surface area contributed by atoms with Crippen LogP contribution in [0.2, 0.25) is 0 Å². The van der Waals surface area contributed by atoms with Crippen molar-refractivity contribution in [2.45, 2.75) is 27.3 Å². The Hall–Kier alpha value is -0.340. The molecule has 0 aromatic carbocycles. The summed E-state index contributed by atoms with van der Waals surface area (Å²) >= 11 is 1.87. The molecular formula is C10H17NS. The van der Waals surface area contributed by atoms with Gasteiger partial charge < -0.3 is 0 Å².